The van der Waals surface area contributed by atoms with Crippen LogP contribution < -0.4 is 5.32 Å². The van der Waals surface area contributed by atoms with E-state index in [1.54, 1.807) is 32.3 Å². The Hall–Kier alpha value is -1.46. The topological polar surface area (TPSA) is 52.6 Å². The molecule has 0 aliphatic rings. The van der Waals surface area contributed by atoms with Crippen LogP contribution in [-0.4, -0.2) is 42.6 Å². The van der Waals surface area contributed by atoms with Gasteiger partial charge in [0, 0.05) is 38.7 Å². The molecule has 19 heavy (non-hydrogen) atoms. The van der Waals surface area contributed by atoms with Gasteiger partial charge in [-0.2, -0.15) is 0 Å². The lowest BCUT2D eigenvalue weighted by atomic mass is 10.1. The number of carbonyl (C=O) groups is 1. The second kappa shape index (κ2) is 7.21. The summed E-state index contributed by atoms with van der Waals surface area (Å²) >= 11 is 0. The van der Waals surface area contributed by atoms with E-state index in [4.69, 9.17) is 0 Å². The van der Waals surface area contributed by atoms with Crippen LogP contribution in [-0.2, 0) is 4.79 Å². The first kappa shape index (κ1) is 15.6. The molecule has 0 aliphatic carbocycles. The Morgan fingerprint density at radius 1 is 1.42 bits per heavy atom. The van der Waals surface area contributed by atoms with Crippen LogP contribution in [0.5, 0.6) is 0 Å². The van der Waals surface area contributed by atoms with Crippen molar-refractivity contribution in [3.05, 3.63) is 35.6 Å². The highest BCUT2D eigenvalue weighted by atomic mass is 19.1. The van der Waals surface area contributed by atoms with Crippen LogP contribution in [0.15, 0.2) is 24.3 Å². The molecule has 0 radical (unpaired) electrons. The molecule has 2 unspecified atom stereocenters. The van der Waals surface area contributed by atoms with Gasteiger partial charge in [-0.1, -0.05) is 18.2 Å². The van der Waals surface area contributed by atoms with Crippen LogP contribution in [0.2, 0.25) is 0 Å². The third-order valence-corrected chi connectivity index (χ3v) is 2.90. The summed E-state index contributed by atoms with van der Waals surface area (Å²) < 4.78 is 13.4. The predicted molar refractivity (Wildman–Crippen MR) is 72.1 cm³/mol. The molecule has 1 aromatic rings. The summed E-state index contributed by atoms with van der Waals surface area (Å²) in [5.41, 5.74) is 0.265. The highest BCUT2D eigenvalue weighted by molar-refractivity contribution is 5.76. The van der Waals surface area contributed by atoms with Crippen molar-refractivity contribution in [2.45, 2.75) is 25.5 Å². The van der Waals surface area contributed by atoms with E-state index < -0.39 is 11.9 Å². The van der Waals surface area contributed by atoms with E-state index in [-0.39, 0.29) is 24.1 Å². The van der Waals surface area contributed by atoms with E-state index in [1.165, 1.54) is 11.0 Å². The Kier molecular flexibility index (Phi) is 5.92. The van der Waals surface area contributed by atoms with Crippen molar-refractivity contribution in [1.29, 1.82) is 0 Å². The van der Waals surface area contributed by atoms with Crippen LogP contribution in [0.3, 0.4) is 0 Å². The standard InChI is InChI=1S/C14H21FN2O2/c1-10(8-14(19)17(2)3)16-9-13(18)11-6-4-5-7-12(11)15/h4-7,10,13,16,18H,8-9H2,1-3H3. The quantitative estimate of drug-likeness (QED) is 0.818. The van der Waals surface area contributed by atoms with Gasteiger partial charge in [0.25, 0.3) is 0 Å². The fourth-order valence-electron chi connectivity index (χ4n) is 1.68. The Labute approximate surface area is 113 Å². The van der Waals surface area contributed by atoms with Crippen molar-refractivity contribution in [3.63, 3.8) is 0 Å². The SMILES string of the molecule is CC(CC(=O)N(C)C)NCC(O)c1ccccc1F. The van der Waals surface area contributed by atoms with Gasteiger partial charge in [-0.05, 0) is 13.0 Å². The van der Waals surface area contributed by atoms with E-state index in [2.05, 4.69) is 5.32 Å². The van der Waals surface area contributed by atoms with Crippen LogP contribution in [0, 0.1) is 5.82 Å². The fraction of sp³-hybridized carbons (Fsp3) is 0.500. The maximum absolute atomic E-state index is 13.4. The Bertz CT molecular complexity index is 424. The van der Waals surface area contributed by atoms with Crippen LogP contribution in [0.4, 0.5) is 4.39 Å². The molecule has 4 nitrogen and oxygen atoms in total. The molecule has 0 saturated carbocycles. The molecule has 2 N–H and O–H groups in total. The van der Waals surface area contributed by atoms with Gasteiger partial charge in [0.2, 0.25) is 5.91 Å². The number of benzene rings is 1. The van der Waals surface area contributed by atoms with Gasteiger partial charge in [0.05, 0.1) is 6.10 Å². The van der Waals surface area contributed by atoms with E-state index >= 15 is 0 Å². The van der Waals surface area contributed by atoms with Crippen molar-refractivity contribution < 1.29 is 14.3 Å². The third kappa shape index (κ3) is 4.96. The third-order valence-electron chi connectivity index (χ3n) is 2.90. The van der Waals surface area contributed by atoms with Gasteiger partial charge in [-0.15, -0.1) is 0 Å². The number of amides is 1. The van der Waals surface area contributed by atoms with E-state index in [0.717, 1.165) is 0 Å². The van der Waals surface area contributed by atoms with Crippen molar-refractivity contribution >= 4 is 5.91 Å². The molecule has 106 valence electrons. The summed E-state index contributed by atoms with van der Waals surface area (Å²) in [6.45, 7) is 2.07. The summed E-state index contributed by atoms with van der Waals surface area (Å²) in [6, 6.07) is 6.06. The highest BCUT2D eigenvalue weighted by Crippen LogP contribution is 2.15. The molecule has 1 amide bonds. The minimum Gasteiger partial charge on any atom is -0.387 e. The molecular formula is C14H21FN2O2. The van der Waals surface area contributed by atoms with Gasteiger partial charge in [-0.25, -0.2) is 4.39 Å². The lowest BCUT2D eigenvalue weighted by Gasteiger charge is -2.19. The summed E-state index contributed by atoms with van der Waals surface area (Å²) in [4.78, 5) is 13.0. The van der Waals surface area contributed by atoms with Gasteiger partial charge in [-0.3, -0.25) is 4.79 Å². The molecule has 1 rings (SSSR count). The number of halogens is 1. The van der Waals surface area contributed by atoms with Crippen LogP contribution in [0.1, 0.15) is 25.0 Å². The molecule has 5 heteroatoms. The first-order valence-corrected chi connectivity index (χ1v) is 6.27. The maximum Gasteiger partial charge on any atom is 0.223 e. The first-order chi connectivity index (χ1) is 8.91. The average molecular weight is 268 g/mol. The van der Waals surface area contributed by atoms with Crippen molar-refractivity contribution in [1.82, 2.24) is 10.2 Å². The van der Waals surface area contributed by atoms with E-state index in [1.807, 2.05) is 6.92 Å². The van der Waals surface area contributed by atoms with E-state index in [9.17, 15) is 14.3 Å². The Balaban J connectivity index is 2.44. The summed E-state index contributed by atoms with van der Waals surface area (Å²) in [6.07, 6.45) is -0.574. The number of nitrogens with one attached hydrogen (secondary N) is 1. The van der Waals surface area contributed by atoms with Crippen molar-refractivity contribution in [2.75, 3.05) is 20.6 Å². The van der Waals surface area contributed by atoms with Crippen LogP contribution in [0.25, 0.3) is 0 Å². The zero-order chi connectivity index (χ0) is 14.4. The Morgan fingerprint density at radius 3 is 2.63 bits per heavy atom. The number of aliphatic hydroxyl groups excluding tert-OH is 1. The van der Waals surface area contributed by atoms with Crippen LogP contribution >= 0.6 is 0 Å². The number of rotatable bonds is 6. The number of aliphatic hydroxyl groups is 1. The van der Waals surface area contributed by atoms with Gasteiger partial charge in [0.15, 0.2) is 0 Å². The monoisotopic (exact) mass is 268 g/mol. The zero-order valence-electron chi connectivity index (χ0n) is 11.6. The zero-order valence-corrected chi connectivity index (χ0v) is 11.6. The molecule has 1 aromatic carbocycles. The molecule has 0 heterocycles. The normalized spacial score (nSPS) is 13.9. The molecule has 0 fully saturated rings. The molecule has 2 atom stereocenters. The molecule has 0 saturated heterocycles. The lowest BCUT2D eigenvalue weighted by molar-refractivity contribution is -0.129. The first-order valence-electron chi connectivity index (χ1n) is 6.27. The summed E-state index contributed by atoms with van der Waals surface area (Å²) in [5.74, 6) is -0.408. The van der Waals surface area contributed by atoms with Crippen molar-refractivity contribution in [2.24, 2.45) is 0 Å². The second-order valence-corrected chi connectivity index (χ2v) is 4.84. The lowest BCUT2D eigenvalue weighted by Crippen LogP contribution is -2.35. The minimum atomic E-state index is -0.918. The van der Waals surface area contributed by atoms with Gasteiger partial charge < -0.3 is 15.3 Å². The van der Waals surface area contributed by atoms with Crippen molar-refractivity contribution in [3.8, 4) is 0 Å². The largest absolute Gasteiger partial charge is 0.387 e. The minimum absolute atomic E-state index is 0.0142. The Morgan fingerprint density at radius 2 is 2.05 bits per heavy atom. The van der Waals surface area contributed by atoms with Gasteiger partial charge >= 0.3 is 0 Å². The number of hydrogen-bond acceptors (Lipinski definition) is 3. The summed E-state index contributed by atoms with van der Waals surface area (Å²) in [7, 11) is 3.40. The second-order valence-electron chi connectivity index (χ2n) is 4.84. The molecule has 0 aliphatic heterocycles. The number of nitrogens with zero attached hydrogens (tertiary/aromatic N) is 1. The predicted octanol–water partition coefficient (Wildman–Crippen LogP) is 1.32. The fourth-order valence-corrected chi connectivity index (χ4v) is 1.68. The van der Waals surface area contributed by atoms with Gasteiger partial charge in [0.1, 0.15) is 5.82 Å². The highest BCUT2D eigenvalue weighted by Gasteiger charge is 2.15. The smallest absolute Gasteiger partial charge is 0.223 e. The molecule has 0 aromatic heterocycles. The number of hydrogen-bond donors (Lipinski definition) is 2. The van der Waals surface area contributed by atoms with E-state index in [0.29, 0.717) is 6.42 Å². The molecule has 0 spiro atoms. The average Bonchev–Trinajstić information content (AvgIpc) is 2.36. The number of carbonyl (C=O) groups excluding carboxylic acids is 1. The maximum atomic E-state index is 13.4. The molecular weight excluding hydrogens is 247 g/mol. The summed E-state index contributed by atoms with van der Waals surface area (Å²) in [5, 5.41) is 12.9. The molecule has 0 bridgehead atoms.